The van der Waals surface area contributed by atoms with Gasteiger partial charge in [-0.05, 0) is 0 Å². The number of hydrogen-bond donors (Lipinski definition) is 0. The molecule has 1 aromatic heterocycles. The molecule has 0 spiro atoms. The van der Waals surface area contributed by atoms with Gasteiger partial charge in [0.15, 0.2) is 5.43 Å². The highest BCUT2D eigenvalue weighted by atomic mass is 16.5. The summed E-state index contributed by atoms with van der Waals surface area (Å²) in [6.07, 6.45) is 5.12. The van der Waals surface area contributed by atoms with Crippen LogP contribution in [-0.4, -0.2) is 4.57 Å². The molecular weight excluding hydrogens is 142 g/mol. The summed E-state index contributed by atoms with van der Waals surface area (Å²) in [6.45, 7) is 0.479. The Kier molecular flexibility index (Phi) is 1.28. The lowest BCUT2D eigenvalue weighted by molar-refractivity contribution is 0.223. The van der Waals surface area contributed by atoms with Crippen LogP contribution in [0, 0.1) is 0 Å². The van der Waals surface area contributed by atoms with Crippen LogP contribution in [0.25, 0.3) is 6.20 Å². The Labute approximate surface area is 63.5 Å². The van der Waals surface area contributed by atoms with E-state index < -0.39 is 0 Å². The minimum absolute atomic E-state index is 0.0233. The maximum atomic E-state index is 10.8. The Balaban J connectivity index is 2.62. The van der Waals surface area contributed by atoms with Gasteiger partial charge in [0.05, 0.1) is 5.69 Å². The Morgan fingerprint density at radius 1 is 1.55 bits per heavy atom. The highest BCUT2D eigenvalue weighted by Gasteiger charge is 2.01. The van der Waals surface area contributed by atoms with E-state index in [2.05, 4.69) is 0 Å². The van der Waals surface area contributed by atoms with E-state index in [1.807, 2.05) is 4.57 Å². The molecule has 1 aromatic rings. The Bertz CT molecular complexity index is 351. The van der Waals surface area contributed by atoms with Crippen molar-refractivity contribution < 1.29 is 4.74 Å². The maximum absolute atomic E-state index is 10.8. The van der Waals surface area contributed by atoms with Crippen molar-refractivity contribution in [2.24, 2.45) is 0 Å². The van der Waals surface area contributed by atoms with Gasteiger partial charge in [0.2, 0.25) is 0 Å². The van der Waals surface area contributed by atoms with Crippen LogP contribution in [0.15, 0.2) is 29.4 Å². The van der Waals surface area contributed by atoms with Crippen molar-refractivity contribution in [3.63, 3.8) is 0 Å². The molecule has 0 saturated heterocycles. The van der Waals surface area contributed by atoms with Crippen molar-refractivity contribution in [3.8, 4) is 0 Å². The van der Waals surface area contributed by atoms with Crippen molar-refractivity contribution in [1.29, 1.82) is 0 Å². The standard InChI is InChI=1S/C8H7NO2/c10-8-1-2-9-3-4-11-6-7(9)5-8/h1-5H,6H2. The van der Waals surface area contributed by atoms with Gasteiger partial charge in [-0.1, -0.05) is 0 Å². The van der Waals surface area contributed by atoms with Crippen LogP contribution >= 0.6 is 0 Å². The summed E-state index contributed by atoms with van der Waals surface area (Å²) in [5.41, 5.74) is 0.912. The predicted molar refractivity (Wildman–Crippen MR) is 40.8 cm³/mol. The molecule has 0 N–H and O–H groups in total. The number of pyridine rings is 1. The molecular formula is C8H7NO2. The molecule has 1 aliphatic heterocycles. The fourth-order valence-electron chi connectivity index (χ4n) is 1.04. The van der Waals surface area contributed by atoms with Crippen LogP contribution in [0.3, 0.4) is 0 Å². The Morgan fingerprint density at radius 3 is 3.36 bits per heavy atom. The van der Waals surface area contributed by atoms with Gasteiger partial charge in [-0.3, -0.25) is 4.79 Å². The van der Waals surface area contributed by atoms with E-state index in [0.717, 1.165) is 5.69 Å². The van der Waals surface area contributed by atoms with E-state index in [-0.39, 0.29) is 5.43 Å². The average molecular weight is 149 g/mol. The van der Waals surface area contributed by atoms with Gasteiger partial charge in [-0.2, -0.15) is 0 Å². The minimum Gasteiger partial charge on any atom is -0.493 e. The summed E-state index contributed by atoms with van der Waals surface area (Å²) in [4.78, 5) is 10.8. The summed E-state index contributed by atoms with van der Waals surface area (Å²) in [6, 6.07) is 3.10. The summed E-state index contributed by atoms with van der Waals surface area (Å²) in [5.74, 6) is 0. The first-order chi connectivity index (χ1) is 5.36. The normalized spacial score (nSPS) is 13.8. The molecule has 0 aromatic carbocycles. The van der Waals surface area contributed by atoms with Crippen LogP contribution in [0.4, 0.5) is 0 Å². The van der Waals surface area contributed by atoms with Gasteiger partial charge >= 0.3 is 0 Å². The first-order valence-corrected chi connectivity index (χ1v) is 3.35. The first-order valence-electron chi connectivity index (χ1n) is 3.35. The van der Waals surface area contributed by atoms with Gasteiger partial charge in [0, 0.05) is 24.5 Å². The fourth-order valence-corrected chi connectivity index (χ4v) is 1.04. The number of ether oxygens (including phenoxy) is 1. The predicted octanol–water partition coefficient (Wildman–Crippen LogP) is 0.807. The van der Waals surface area contributed by atoms with Crippen molar-refractivity contribution >= 4 is 6.20 Å². The second kappa shape index (κ2) is 2.27. The van der Waals surface area contributed by atoms with Crippen LogP contribution in [0.2, 0.25) is 0 Å². The van der Waals surface area contributed by atoms with Crippen LogP contribution < -0.4 is 5.43 Å². The maximum Gasteiger partial charge on any atom is 0.181 e. The molecule has 0 amide bonds. The molecule has 0 atom stereocenters. The second-order valence-electron chi connectivity index (χ2n) is 2.36. The summed E-state index contributed by atoms with van der Waals surface area (Å²) in [5, 5.41) is 0. The molecule has 0 saturated carbocycles. The summed E-state index contributed by atoms with van der Waals surface area (Å²) in [7, 11) is 0. The van der Waals surface area contributed by atoms with E-state index in [4.69, 9.17) is 4.74 Å². The molecule has 56 valence electrons. The molecule has 3 heteroatoms. The molecule has 2 heterocycles. The molecule has 1 aliphatic rings. The molecule has 0 bridgehead atoms. The average Bonchev–Trinajstić information content (AvgIpc) is 2.04. The third-order valence-corrected chi connectivity index (χ3v) is 1.59. The van der Waals surface area contributed by atoms with E-state index in [1.165, 1.54) is 6.07 Å². The van der Waals surface area contributed by atoms with E-state index in [0.29, 0.717) is 6.61 Å². The first kappa shape index (κ1) is 6.22. The monoisotopic (exact) mass is 149 g/mol. The minimum atomic E-state index is 0.0233. The molecule has 0 fully saturated rings. The quantitative estimate of drug-likeness (QED) is 0.546. The zero-order chi connectivity index (χ0) is 7.68. The number of nitrogens with zero attached hydrogens (tertiary/aromatic N) is 1. The van der Waals surface area contributed by atoms with Crippen LogP contribution in [0.1, 0.15) is 5.69 Å². The zero-order valence-electron chi connectivity index (χ0n) is 5.86. The Hall–Kier alpha value is -1.51. The molecule has 11 heavy (non-hydrogen) atoms. The second-order valence-corrected chi connectivity index (χ2v) is 2.36. The third-order valence-electron chi connectivity index (χ3n) is 1.59. The van der Waals surface area contributed by atoms with Crippen LogP contribution in [-0.2, 0) is 11.3 Å². The summed E-state index contributed by atoms with van der Waals surface area (Å²) < 4.78 is 6.88. The zero-order valence-corrected chi connectivity index (χ0v) is 5.86. The number of aromatic nitrogens is 1. The number of rotatable bonds is 0. The molecule has 2 rings (SSSR count). The SMILES string of the molecule is O=c1ccn2c(c1)COC=C2. The smallest absolute Gasteiger partial charge is 0.181 e. The number of hydrogen-bond acceptors (Lipinski definition) is 2. The fraction of sp³-hybridized carbons (Fsp3) is 0.125. The van der Waals surface area contributed by atoms with E-state index in [1.54, 1.807) is 24.7 Å². The largest absolute Gasteiger partial charge is 0.493 e. The van der Waals surface area contributed by atoms with Gasteiger partial charge in [-0.25, -0.2) is 0 Å². The highest BCUT2D eigenvalue weighted by molar-refractivity contribution is 5.27. The molecule has 0 radical (unpaired) electrons. The van der Waals surface area contributed by atoms with Gasteiger partial charge in [0.25, 0.3) is 0 Å². The topological polar surface area (TPSA) is 31.2 Å². The molecule has 0 aliphatic carbocycles. The van der Waals surface area contributed by atoms with Crippen LogP contribution in [0.5, 0.6) is 0 Å². The van der Waals surface area contributed by atoms with E-state index in [9.17, 15) is 4.79 Å². The Morgan fingerprint density at radius 2 is 2.45 bits per heavy atom. The lowest BCUT2D eigenvalue weighted by atomic mass is 10.3. The van der Waals surface area contributed by atoms with Crippen molar-refractivity contribution in [3.05, 3.63) is 40.5 Å². The van der Waals surface area contributed by atoms with Gasteiger partial charge in [0.1, 0.15) is 12.9 Å². The van der Waals surface area contributed by atoms with Crippen molar-refractivity contribution in [2.45, 2.75) is 6.61 Å². The molecule has 3 nitrogen and oxygen atoms in total. The third kappa shape index (κ3) is 1.05. The van der Waals surface area contributed by atoms with Gasteiger partial charge in [-0.15, -0.1) is 0 Å². The summed E-state index contributed by atoms with van der Waals surface area (Å²) >= 11 is 0. The van der Waals surface area contributed by atoms with Crippen molar-refractivity contribution in [2.75, 3.05) is 0 Å². The van der Waals surface area contributed by atoms with E-state index >= 15 is 0 Å². The molecule has 0 unspecified atom stereocenters. The highest BCUT2D eigenvalue weighted by Crippen LogP contribution is 2.05. The lowest BCUT2D eigenvalue weighted by Crippen LogP contribution is -2.10. The van der Waals surface area contributed by atoms with Crippen molar-refractivity contribution in [1.82, 2.24) is 4.57 Å². The van der Waals surface area contributed by atoms with Gasteiger partial charge < -0.3 is 9.30 Å². The lowest BCUT2D eigenvalue weighted by Gasteiger charge is -2.12. The number of fused-ring (bicyclic) bond motifs is 1.